The molecule has 2 rings (SSSR count). The van der Waals surface area contributed by atoms with Crippen molar-refractivity contribution in [1.82, 2.24) is 0 Å². The number of amides is 1. The number of carbonyl (C=O) groups is 2. The van der Waals surface area contributed by atoms with Gasteiger partial charge in [0.15, 0.2) is 0 Å². The van der Waals surface area contributed by atoms with Crippen LogP contribution in [0.15, 0.2) is 60.7 Å². The zero-order chi connectivity index (χ0) is 16.7. The fourth-order valence-electron chi connectivity index (χ4n) is 2.06. The highest BCUT2D eigenvalue weighted by Crippen LogP contribution is 2.19. The second-order valence-corrected chi connectivity index (χ2v) is 5.15. The van der Waals surface area contributed by atoms with E-state index in [9.17, 15) is 14.7 Å². The maximum Gasteiger partial charge on any atom is 0.415 e. The standard InChI is InChI=1S/C17H17NO4S/c19-16(20)15(12-23)18(14-9-5-2-6-10-14)17(21)22-11-13-7-3-1-4-8-13/h1-10,15,23H,11-12H2,(H,19,20). The number of carboxylic acids is 1. The maximum absolute atomic E-state index is 12.4. The second-order valence-electron chi connectivity index (χ2n) is 4.78. The molecule has 120 valence electrons. The summed E-state index contributed by atoms with van der Waals surface area (Å²) >= 11 is 4.05. The molecule has 5 nitrogen and oxygen atoms in total. The smallest absolute Gasteiger partial charge is 0.415 e. The van der Waals surface area contributed by atoms with Crippen LogP contribution >= 0.6 is 12.6 Å². The number of benzene rings is 2. The number of carbonyl (C=O) groups excluding carboxylic acids is 1. The number of para-hydroxylation sites is 1. The molecule has 1 unspecified atom stereocenters. The molecule has 1 N–H and O–H groups in total. The van der Waals surface area contributed by atoms with Crippen LogP contribution in [0, 0.1) is 0 Å². The summed E-state index contributed by atoms with van der Waals surface area (Å²) in [6, 6.07) is 16.6. The third kappa shape index (κ3) is 4.50. The molecule has 23 heavy (non-hydrogen) atoms. The van der Waals surface area contributed by atoms with Crippen LogP contribution in [0.25, 0.3) is 0 Å². The van der Waals surface area contributed by atoms with Gasteiger partial charge in [0.2, 0.25) is 0 Å². The average Bonchev–Trinajstić information content (AvgIpc) is 2.58. The van der Waals surface area contributed by atoms with Crippen molar-refractivity contribution in [3.05, 3.63) is 66.2 Å². The van der Waals surface area contributed by atoms with Gasteiger partial charge in [-0.2, -0.15) is 12.6 Å². The Morgan fingerprint density at radius 2 is 1.61 bits per heavy atom. The molecule has 1 amide bonds. The highest BCUT2D eigenvalue weighted by molar-refractivity contribution is 7.80. The summed E-state index contributed by atoms with van der Waals surface area (Å²) in [5, 5.41) is 9.34. The molecule has 0 aliphatic carbocycles. The molecule has 0 heterocycles. The van der Waals surface area contributed by atoms with Crippen molar-refractivity contribution in [2.75, 3.05) is 10.7 Å². The average molecular weight is 331 g/mol. The summed E-state index contributed by atoms with van der Waals surface area (Å²) in [6.07, 6.45) is -0.721. The van der Waals surface area contributed by atoms with Gasteiger partial charge in [-0.25, -0.2) is 9.59 Å². The van der Waals surface area contributed by atoms with E-state index < -0.39 is 18.1 Å². The van der Waals surface area contributed by atoms with Gasteiger partial charge in [-0.3, -0.25) is 4.90 Å². The van der Waals surface area contributed by atoms with Crippen LogP contribution < -0.4 is 4.90 Å². The third-order valence-electron chi connectivity index (χ3n) is 3.21. The van der Waals surface area contributed by atoms with Crippen molar-refractivity contribution in [2.24, 2.45) is 0 Å². The lowest BCUT2D eigenvalue weighted by atomic mass is 10.2. The van der Waals surface area contributed by atoms with Gasteiger partial charge in [0.05, 0.1) is 0 Å². The van der Waals surface area contributed by atoms with Crippen molar-refractivity contribution in [3.63, 3.8) is 0 Å². The highest BCUT2D eigenvalue weighted by atomic mass is 32.1. The van der Waals surface area contributed by atoms with E-state index >= 15 is 0 Å². The lowest BCUT2D eigenvalue weighted by Crippen LogP contribution is -2.46. The van der Waals surface area contributed by atoms with Crippen molar-refractivity contribution in [2.45, 2.75) is 12.6 Å². The van der Waals surface area contributed by atoms with E-state index in [1.165, 1.54) is 0 Å². The summed E-state index contributed by atoms with van der Waals surface area (Å²) < 4.78 is 5.27. The molecule has 1 atom stereocenters. The Bertz CT molecular complexity index is 648. The van der Waals surface area contributed by atoms with Crippen LogP contribution in [0.4, 0.5) is 10.5 Å². The molecule has 0 aliphatic heterocycles. The number of ether oxygens (including phenoxy) is 1. The summed E-state index contributed by atoms with van der Waals surface area (Å²) in [7, 11) is 0. The summed E-state index contributed by atoms with van der Waals surface area (Å²) in [5.74, 6) is -1.16. The maximum atomic E-state index is 12.4. The minimum absolute atomic E-state index is 0.0232. The first kappa shape index (κ1) is 16.9. The molecule has 6 heteroatoms. The van der Waals surface area contributed by atoms with E-state index in [-0.39, 0.29) is 12.4 Å². The second kappa shape index (κ2) is 8.24. The Morgan fingerprint density at radius 3 is 2.13 bits per heavy atom. The lowest BCUT2D eigenvalue weighted by molar-refractivity contribution is -0.138. The predicted octanol–water partition coefficient (Wildman–Crippen LogP) is 3.21. The number of nitrogens with zero attached hydrogens (tertiary/aromatic N) is 1. The van der Waals surface area contributed by atoms with Crippen LogP contribution in [0.2, 0.25) is 0 Å². The van der Waals surface area contributed by atoms with Gasteiger partial charge in [-0.1, -0.05) is 48.5 Å². The van der Waals surface area contributed by atoms with Gasteiger partial charge in [-0.05, 0) is 17.7 Å². The molecular formula is C17H17NO4S. The highest BCUT2D eigenvalue weighted by Gasteiger charge is 2.31. The van der Waals surface area contributed by atoms with E-state index in [1.807, 2.05) is 30.3 Å². The first-order valence-corrected chi connectivity index (χ1v) is 7.65. The van der Waals surface area contributed by atoms with Gasteiger partial charge in [0.25, 0.3) is 0 Å². The molecule has 0 aliphatic rings. The zero-order valence-corrected chi connectivity index (χ0v) is 13.2. The number of hydrogen-bond acceptors (Lipinski definition) is 4. The summed E-state index contributed by atoms with van der Waals surface area (Å²) in [4.78, 5) is 25.0. The molecule has 0 spiro atoms. The van der Waals surface area contributed by atoms with Gasteiger partial charge < -0.3 is 9.84 Å². The first-order valence-electron chi connectivity index (χ1n) is 7.02. The lowest BCUT2D eigenvalue weighted by Gasteiger charge is -2.27. The van der Waals surface area contributed by atoms with Crippen LogP contribution in [0.1, 0.15) is 5.56 Å². The molecule has 0 radical (unpaired) electrons. The topological polar surface area (TPSA) is 66.8 Å². The quantitative estimate of drug-likeness (QED) is 0.798. The van der Waals surface area contributed by atoms with Gasteiger partial charge in [-0.15, -0.1) is 0 Å². The molecule has 0 fully saturated rings. The van der Waals surface area contributed by atoms with E-state index in [0.717, 1.165) is 10.5 Å². The third-order valence-corrected chi connectivity index (χ3v) is 3.55. The Hall–Kier alpha value is -2.47. The Kier molecular flexibility index (Phi) is 6.05. The number of aliphatic carboxylic acids is 1. The normalized spacial score (nSPS) is 11.5. The monoisotopic (exact) mass is 331 g/mol. The number of rotatable bonds is 6. The van der Waals surface area contributed by atoms with Gasteiger partial charge in [0.1, 0.15) is 12.6 Å². The molecular weight excluding hydrogens is 314 g/mol. The van der Waals surface area contributed by atoms with E-state index in [2.05, 4.69) is 12.6 Å². The number of hydrogen-bond donors (Lipinski definition) is 2. The summed E-state index contributed by atoms with van der Waals surface area (Å²) in [6.45, 7) is 0.0713. The number of anilines is 1. The molecule has 0 saturated carbocycles. The first-order chi connectivity index (χ1) is 11.1. The predicted molar refractivity (Wildman–Crippen MR) is 90.8 cm³/mol. The van der Waals surface area contributed by atoms with Crippen LogP contribution in [-0.4, -0.2) is 29.0 Å². The van der Waals surface area contributed by atoms with Gasteiger partial charge in [0, 0.05) is 11.4 Å². The SMILES string of the molecule is O=C(O)C(CS)N(C(=O)OCc1ccccc1)c1ccccc1. The van der Waals surface area contributed by atoms with E-state index in [4.69, 9.17) is 4.74 Å². The number of thiol groups is 1. The largest absolute Gasteiger partial charge is 0.480 e. The fraction of sp³-hybridized carbons (Fsp3) is 0.176. The van der Waals surface area contributed by atoms with Crippen molar-refractivity contribution in [3.8, 4) is 0 Å². The van der Waals surface area contributed by atoms with Crippen LogP contribution in [-0.2, 0) is 16.1 Å². The zero-order valence-electron chi connectivity index (χ0n) is 12.3. The Morgan fingerprint density at radius 1 is 1.04 bits per heavy atom. The minimum atomic E-state index is -1.14. The van der Waals surface area contributed by atoms with E-state index in [1.54, 1.807) is 30.3 Å². The fourth-order valence-corrected chi connectivity index (χ4v) is 2.38. The Labute approximate surface area is 139 Å². The molecule has 2 aromatic carbocycles. The minimum Gasteiger partial charge on any atom is -0.480 e. The number of carboxylic acid groups (broad SMARTS) is 1. The van der Waals surface area contributed by atoms with Gasteiger partial charge >= 0.3 is 12.1 Å². The summed E-state index contributed by atoms with van der Waals surface area (Å²) in [5.41, 5.74) is 1.28. The molecule has 0 bridgehead atoms. The Balaban J connectivity index is 2.19. The van der Waals surface area contributed by atoms with Crippen LogP contribution in [0.3, 0.4) is 0 Å². The molecule has 0 aromatic heterocycles. The van der Waals surface area contributed by atoms with Crippen molar-refractivity contribution in [1.29, 1.82) is 0 Å². The van der Waals surface area contributed by atoms with Crippen LogP contribution in [0.5, 0.6) is 0 Å². The van der Waals surface area contributed by atoms with E-state index in [0.29, 0.717) is 5.69 Å². The molecule has 0 saturated heterocycles. The van der Waals surface area contributed by atoms with Crippen molar-refractivity contribution >= 4 is 30.4 Å². The van der Waals surface area contributed by atoms with Crippen molar-refractivity contribution < 1.29 is 19.4 Å². The molecule has 2 aromatic rings.